The maximum absolute atomic E-state index is 13.8. The fourth-order valence-corrected chi connectivity index (χ4v) is 2.38. The molecule has 1 unspecified atom stereocenters. The molecule has 5 nitrogen and oxygen atoms in total. The van der Waals surface area contributed by atoms with Crippen LogP contribution in [0.15, 0.2) is 53.7 Å². The fraction of sp³-hybridized carbons (Fsp3) is 0.167. The molecular weight excluding hydrogens is 311 g/mol. The van der Waals surface area contributed by atoms with Crippen LogP contribution in [0.3, 0.4) is 0 Å². The SMILES string of the molecule is CC(=O)c1ccc(NC(=O)C2CC(c3ccccc3F)=NO2)cc1. The molecule has 24 heavy (non-hydrogen) atoms. The normalized spacial score (nSPS) is 16.2. The van der Waals surface area contributed by atoms with Gasteiger partial charge in [-0.25, -0.2) is 4.39 Å². The Hall–Kier alpha value is -3.02. The molecule has 0 radical (unpaired) electrons. The summed E-state index contributed by atoms with van der Waals surface area (Å²) in [5.41, 5.74) is 1.85. The van der Waals surface area contributed by atoms with Crippen molar-refractivity contribution in [3.8, 4) is 0 Å². The van der Waals surface area contributed by atoms with E-state index in [0.29, 0.717) is 22.5 Å². The summed E-state index contributed by atoms with van der Waals surface area (Å²) < 4.78 is 13.8. The number of hydrogen-bond donors (Lipinski definition) is 1. The van der Waals surface area contributed by atoms with Crippen molar-refractivity contribution < 1.29 is 18.8 Å². The number of nitrogens with one attached hydrogen (secondary N) is 1. The quantitative estimate of drug-likeness (QED) is 0.878. The minimum Gasteiger partial charge on any atom is -0.382 e. The highest BCUT2D eigenvalue weighted by atomic mass is 19.1. The average Bonchev–Trinajstić information content (AvgIpc) is 3.05. The second kappa shape index (κ2) is 6.62. The van der Waals surface area contributed by atoms with E-state index in [-0.39, 0.29) is 18.1 Å². The topological polar surface area (TPSA) is 67.8 Å². The Bertz CT molecular complexity index is 815. The van der Waals surface area contributed by atoms with Crippen molar-refractivity contribution in [2.45, 2.75) is 19.4 Å². The number of oxime groups is 1. The molecule has 2 aromatic rings. The molecule has 6 heteroatoms. The molecule has 1 aliphatic heterocycles. The van der Waals surface area contributed by atoms with Crippen LogP contribution in [0.2, 0.25) is 0 Å². The molecule has 0 saturated carbocycles. The van der Waals surface area contributed by atoms with E-state index in [2.05, 4.69) is 10.5 Å². The number of nitrogens with zero attached hydrogens (tertiary/aromatic N) is 1. The molecule has 122 valence electrons. The van der Waals surface area contributed by atoms with Gasteiger partial charge in [-0.3, -0.25) is 9.59 Å². The number of carbonyl (C=O) groups excluding carboxylic acids is 2. The van der Waals surface area contributed by atoms with Crippen LogP contribution in [0.5, 0.6) is 0 Å². The lowest BCUT2D eigenvalue weighted by Gasteiger charge is -2.09. The van der Waals surface area contributed by atoms with Gasteiger partial charge in [-0.2, -0.15) is 0 Å². The molecule has 1 heterocycles. The Balaban J connectivity index is 1.63. The van der Waals surface area contributed by atoms with Crippen LogP contribution in [0.25, 0.3) is 0 Å². The summed E-state index contributed by atoms with van der Waals surface area (Å²) in [6, 6.07) is 12.8. The largest absolute Gasteiger partial charge is 0.382 e. The second-order valence-corrected chi connectivity index (χ2v) is 5.44. The number of rotatable bonds is 4. The van der Waals surface area contributed by atoms with Crippen LogP contribution in [0.1, 0.15) is 29.3 Å². The van der Waals surface area contributed by atoms with Crippen molar-refractivity contribution in [1.29, 1.82) is 0 Å². The number of hydrogen-bond acceptors (Lipinski definition) is 4. The van der Waals surface area contributed by atoms with Crippen molar-refractivity contribution in [3.05, 3.63) is 65.5 Å². The van der Waals surface area contributed by atoms with Gasteiger partial charge in [0.2, 0.25) is 6.10 Å². The lowest BCUT2D eigenvalue weighted by molar-refractivity contribution is -0.125. The zero-order valence-electron chi connectivity index (χ0n) is 13.0. The van der Waals surface area contributed by atoms with E-state index in [9.17, 15) is 14.0 Å². The Morgan fingerprint density at radius 3 is 2.54 bits per heavy atom. The van der Waals surface area contributed by atoms with E-state index in [4.69, 9.17) is 4.84 Å². The highest BCUT2D eigenvalue weighted by Crippen LogP contribution is 2.20. The van der Waals surface area contributed by atoms with Crippen molar-refractivity contribution in [3.63, 3.8) is 0 Å². The van der Waals surface area contributed by atoms with E-state index in [1.165, 1.54) is 13.0 Å². The molecule has 1 N–H and O–H groups in total. The Labute approximate surface area is 138 Å². The third-order valence-corrected chi connectivity index (χ3v) is 3.71. The van der Waals surface area contributed by atoms with Crippen LogP contribution in [-0.2, 0) is 9.63 Å². The van der Waals surface area contributed by atoms with E-state index >= 15 is 0 Å². The summed E-state index contributed by atoms with van der Waals surface area (Å²) in [6.45, 7) is 1.47. The third kappa shape index (κ3) is 3.32. The first kappa shape index (κ1) is 15.9. The van der Waals surface area contributed by atoms with Gasteiger partial charge in [0.05, 0.1) is 5.71 Å². The van der Waals surface area contributed by atoms with Gasteiger partial charge in [0.15, 0.2) is 5.78 Å². The average molecular weight is 326 g/mol. The van der Waals surface area contributed by atoms with Gasteiger partial charge >= 0.3 is 0 Å². The first-order valence-corrected chi connectivity index (χ1v) is 7.44. The maximum atomic E-state index is 13.8. The van der Waals surface area contributed by atoms with E-state index < -0.39 is 11.9 Å². The number of halogens is 1. The van der Waals surface area contributed by atoms with Gasteiger partial charge in [-0.05, 0) is 37.3 Å². The van der Waals surface area contributed by atoms with Gasteiger partial charge < -0.3 is 10.2 Å². The number of carbonyl (C=O) groups is 2. The van der Waals surface area contributed by atoms with Crippen LogP contribution >= 0.6 is 0 Å². The lowest BCUT2D eigenvalue weighted by atomic mass is 10.0. The molecule has 3 rings (SSSR count). The molecule has 2 aromatic carbocycles. The van der Waals surface area contributed by atoms with Gasteiger partial charge in [-0.15, -0.1) is 0 Å². The molecule has 0 aliphatic carbocycles. The summed E-state index contributed by atoms with van der Waals surface area (Å²) in [5, 5.41) is 6.51. The van der Waals surface area contributed by atoms with E-state index in [1.807, 2.05) is 0 Å². The minimum atomic E-state index is -0.813. The lowest BCUT2D eigenvalue weighted by Crippen LogP contribution is -2.28. The molecule has 0 spiro atoms. The summed E-state index contributed by atoms with van der Waals surface area (Å²) >= 11 is 0. The van der Waals surface area contributed by atoms with Crippen LogP contribution in [0, 0.1) is 5.82 Å². The monoisotopic (exact) mass is 326 g/mol. The first-order valence-electron chi connectivity index (χ1n) is 7.44. The van der Waals surface area contributed by atoms with Gasteiger partial charge in [0.1, 0.15) is 5.82 Å². The van der Waals surface area contributed by atoms with Crippen molar-refractivity contribution >= 4 is 23.1 Å². The molecule has 1 aliphatic rings. The van der Waals surface area contributed by atoms with Crippen LogP contribution in [-0.4, -0.2) is 23.5 Å². The zero-order valence-corrected chi connectivity index (χ0v) is 13.0. The Kier molecular flexibility index (Phi) is 4.37. The number of Topliss-reactive ketones (excluding diaryl/α,β-unsaturated/α-hetero) is 1. The van der Waals surface area contributed by atoms with Crippen molar-refractivity contribution in [2.24, 2.45) is 5.16 Å². The molecule has 0 aromatic heterocycles. The zero-order chi connectivity index (χ0) is 17.1. The summed E-state index contributed by atoms with van der Waals surface area (Å²) in [5.74, 6) is -0.823. The van der Waals surface area contributed by atoms with Crippen molar-refractivity contribution in [1.82, 2.24) is 0 Å². The third-order valence-electron chi connectivity index (χ3n) is 3.71. The Morgan fingerprint density at radius 2 is 1.88 bits per heavy atom. The smallest absolute Gasteiger partial charge is 0.268 e. The van der Waals surface area contributed by atoms with Crippen LogP contribution < -0.4 is 5.32 Å². The fourth-order valence-electron chi connectivity index (χ4n) is 2.38. The summed E-state index contributed by atoms with van der Waals surface area (Å²) in [6.07, 6.45) is -0.620. The molecule has 1 atom stereocenters. The Morgan fingerprint density at radius 1 is 1.17 bits per heavy atom. The van der Waals surface area contributed by atoms with E-state index in [1.54, 1.807) is 42.5 Å². The van der Waals surface area contributed by atoms with Crippen molar-refractivity contribution in [2.75, 3.05) is 5.32 Å². The minimum absolute atomic E-state index is 0.0464. The maximum Gasteiger partial charge on any atom is 0.268 e. The standard InChI is InChI=1S/C18H15FN2O3/c1-11(22)12-6-8-13(9-7-12)20-18(23)17-10-16(21-24-17)14-4-2-3-5-15(14)19/h2-9,17H,10H2,1H3,(H,20,23). The number of anilines is 1. The predicted molar refractivity (Wildman–Crippen MR) is 87.5 cm³/mol. The van der Waals surface area contributed by atoms with Gasteiger partial charge in [0.25, 0.3) is 5.91 Å². The molecule has 1 amide bonds. The van der Waals surface area contributed by atoms with Gasteiger partial charge in [-0.1, -0.05) is 23.4 Å². The van der Waals surface area contributed by atoms with Gasteiger partial charge in [0, 0.05) is 23.2 Å². The predicted octanol–water partition coefficient (Wildman–Crippen LogP) is 3.16. The molecule has 0 fully saturated rings. The second-order valence-electron chi connectivity index (χ2n) is 5.44. The van der Waals surface area contributed by atoms with E-state index in [0.717, 1.165) is 0 Å². The van der Waals surface area contributed by atoms with Crippen LogP contribution in [0.4, 0.5) is 10.1 Å². The number of amides is 1. The molecule has 0 saturated heterocycles. The summed E-state index contributed by atoms with van der Waals surface area (Å²) in [4.78, 5) is 28.6. The molecule has 0 bridgehead atoms. The first-order chi connectivity index (χ1) is 11.5. The highest BCUT2D eigenvalue weighted by molar-refractivity contribution is 6.06. The highest BCUT2D eigenvalue weighted by Gasteiger charge is 2.30. The summed E-state index contributed by atoms with van der Waals surface area (Å²) in [7, 11) is 0. The molecular formula is C18H15FN2O3. The number of benzene rings is 2. The number of ketones is 1.